The van der Waals surface area contributed by atoms with E-state index in [1.54, 1.807) is 0 Å². The minimum atomic E-state index is -0.738. The van der Waals surface area contributed by atoms with Crippen LogP contribution in [0, 0.1) is 17.3 Å². The van der Waals surface area contributed by atoms with Crippen molar-refractivity contribution in [3.8, 4) is 0 Å². The molecule has 4 atom stereocenters. The second-order valence-corrected chi connectivity index (χ2v) is 9.27. The van der Waals surface area contributed by atoms with Crippen molar-refractivity contribution in [2.24, 2.45) is 17.3 Å². The summed E-state index contributed by atoms with van der Waals surface area (Å²) in [6.07, 6.45) is 10.4. The molecule has 0 amide bonds. The maximum Gasteiger partial charge on any atom is 0.203 e. The molecule has 0 heterocycles. The highest BCUT2D eigenvalue weighted by Gasteiger charge is 2.51. The molecule has 2 rings (SSSR count). The summed E-state index contributed by atoms with van der Waals surface area (Å²) in [5.74, 6) is -0.860. The third kappa shape index (κ3) is 5.29. The average molecular weight is 417 g/mol. The summed E-state index contributed by atoms with van der Waals surface area (Å²) >= 11 is 0. The van der Waals surface area contributed by atoms with Crippen LogP contribution in [-0.2, 0) is 4.79 Å². The first kappa shape index (κ1) is 23.6. The van der Waals surface area contributed by atoms with Gasteiger partial charge in [-0.15, -0.1) is 0 Å². The van der Waals surface area contributed by atoms with Gasteiger partial charge in [-0.1, -0.05) is 43.2 Å². The SMILES string of the molecule is [13CH3]C1=[13CH]C[13C@@H]2[13C]([C@H]([13CH3])[13CH2]O)=C(O)[13C](=O)[C@@]2([13CH3])C/[13CH]=C(\[13CH3])[13CH2]C/[13CH]=C(\[13CH3])[13CH2]C[13C@@H]1O. The largest absolute Gasteiger partial charge is 0.504 e. The van der Waals surface area contributed by atoms with E-state index in [4.69, 9.17) is 0 Å². The highest BCUT2D eigenvalue weighted by atomic mass is 16.4. The van der Waals surface area contributed by atoms with Gasteiger partial charge >= 0.3 is 0 Å². The van der Waals surface area contributed by atoms with Gasteiger partial charge in [-0.3, -0.25) is 4.79 Å². The lowest BCUT2D eigenvalue weighted by atomic mass is 10.1. The lowest BCUT2D eigenvalue weighted by Crippen LogP contribution is -2.32. The van der Waals surface area contributed by atoms with Crippen LogP contribution in [-0.4, -0.2) is 33.8 Å². The Morgan fingerprint density at radius 2 is 1.79 bits per heavy atom. The zero-order chi connectivity index (χ0) is 21.8. The zero-order valence-corrected chi connectivity index (χ0v) is 18.7. The summed E-state index contributed by atoms with van der Waals surface area (Å²) in [6.45, 7) is 9.81. The third-order valence-corrected chi connectivity index (χ3v) is 6.88. The fourth-order valence-corrected chi connectivity index (χ4v) is 4.53. The lowest BCUT2D eigenvalue weighted by Gasteiger charge is -2.32. The summed E-state index contributed by atoms with van der Waals surface area (Å²) in [6, 6.07) is 0. The molecule has 2 aliphatic rings. The molecule has 0 aliphatic heterocycles. The van der Waals surface area contributed by atoms with Crippen molar-refractivity contribution in [1.82, 2.24) is 0 Å². The Bertz CT molecular complexity index is 740. The Morgan fingerprint density at radius 1 is 1.14 bits per heavy atom. The molecule has 0 spiro atoms. The molecule has 0 saturated heterocycles. The monoisotopic (exact) mass is 417 g/mol. The van der Waals surface area contributed by atoms with Crippen LogP contribution in [0.15, 0.2) is 46.3 Å². The summed E-state index contributed by atoms with van der Waals surface area (Å²) < 4.78 is 0. The van der Waals surface area contributed by atoms with Crippen LogP contribution >= 0.6 is 0 Å². The Morgan fingerprint density at radius 3 is 2.45 bits per heavy atom. The summed E-state index contributed by atoms with van der Waals surface area (Å²) in [7, 11) is 0. The van der Waals surface area contributed by atoms with Crippen LogP contribution < -0.4 is 0 Å². The summed E-state index contributed by atoms with van der Waals surface area (Å²) in [5.41, 5.74) is 3.36. The molecule has 0 fully saturated rings. The Balaban J connectivity index is 2.46. The number of rotatable bonds is 2. The van der Waals surface area contributed by atoms with E-state index in [0.717, 1.165) is 24.8 Å². The number of hydrogen-bond donors (Lipinski definition) is 3. The third-order valence-electron chi connectivity index (χ3n) is 6.88. The highest BCUT2D eigenvalue weighted by molar-refractivity contribution is 6.02. The zero-order valence-electron chi connectivity index (χ0n) is 18.7. The van der Waals surface area contributed by atoms with Crippen molar-refractivity contribution in [2.45, 2.75) is 79.2 Å². The van der Waals surface area contributed by atoms with E-state index >= 15 is 0 Å². The smallest absolute Gasteiger partial charge is 0.203 e. The standard InChI is InChI=1S/C25H38O4/c1-16-7-6-8-17(2)13-14-25(5)20(11-10-18(3)21(27)12-9-16)22(19(4)15-26)23(28)24(25)29/h7,10,13,19-21,26-28H,6,8-9,11-12,14-15H2,1-5H3/b16-7+,17-13+,18-10?/t19-,20-,21+,25+/m1/s1/i1+1,2+1,3+1,4+1,5+1,7+1,8+1,9+1,10+1,13+1,15+1,20+1,21+1,22+1,24+1. The van der Waals surface area contributed by atoms with Gasteiger partial charge in [0.25, 0.3) is 0 Å². The predicted octanol–water partition coefficient (Wildman–Crippen LogP) is 5.19. The minimum absolute atomic E-state index is 0.107. The number of ketones is 1. The quantitative estimate of drug-likeness (QED) is 0.427. The van der Waals surface area contributed by atoms with Crippen LogP contribution in [0.1, 0.15) is 73.1 Å². The van der Waals surface area contributed by atoms with Gasteiger partial charge in [0.1, 0.15) is 0 Å². The molecule has 3 N–H and O–H groups in total. The molecule has 0 aromatic carbocycles. The molecule has 0 unspecified atom stereocenters. The van der Waals surface area contributed by atoms with E-state index in [-0.39, 0.29) is 30.0 Å². The maximum absolute atomic E-state index is 13.1. The summed E-state index contributed by atoms with van der Waals surface area (Å²) in [4.78, 5) is 13.1. The van der Waals surface area contributed by atoms with Crippen LogP contribution in [0.4, 0.5) is 0 Å². The highest BCUT2D eigenvalue weighted by Crippen LogP contribution is 2.50. The van der Waals surface area contributed by atoms with Crippen LogP contribution in [0.3, 0.4) is 0 Å². The Kier molecular flexibility index (Phi) is 8.07. The molecule has 4 heteroatoms. The van der Waals surface area contributed by atoms with Gasteiger partial charge < -0.3 is 15.3 Å². The number of carbonyl (C=O) groups excluding carboxylic acids is 1. The van der Waals surface area contributed by atoms with Gasteiger partial charge in [0.15, 0.2) is 5.76 Å². The van der Waals surface area contributed by atoms with Gasteiger partial charge in [0, 0.05) is 23.9 Å². The van der Waals surface area contributed by atoms with E-state index < -0.39 is 11.5 Å². The van der Waals surface area contributed by atoms with E-state index in [0.29, 0.717) is 24.8 Å². The van der Waals surface area contributed by atoms with Crippen molar-refractivity contribution in [3.05, 3.63) is 46.3 Å². The number of fused-ring (bicyclic) bond motifs is 1. The van der Waals surface area contributed by atoms with Crippen molar-refractivity contribution in [2.75, 3.05) is 6.61 Å². The second-order valence-electron chi connectivity index (χ2n) is 9.27. The average Bonchev–Trinajstić information content (AvgIpc) is 2.88. The van der Waals surface area contributed by atoms with Crippen LogP contribution in [0.2, 0.25) is 0 Å². The summed E-state index contributed by atoms with van der Waals surface area (Å²) in [5, 5.41) is 30.9. The first-order valence-electron chi connectivity index (χ1n) is 10.9. The van der Waals surface area contributed by atoms with Gasteiger partial charge in [-0.2, -0.15) is 0 Å². The fourth-order valence-electron chi connectivity index (χ4n) is 4.53. The number of hydrogen-bond acceptors (Lipinski definition) is 4. The maximum atomic E-state index is 13.1. The minimum Gasteiger partial charge on any atom is -0.504 e. The van der Waals surface area contributed by atoms with Crippen LogP contribution in [0.5, 0.6) is 0 Å². The number of Topliss-reactive ketones (excluding diaryl/α,β-unsaturated/α-hetero) is 1. The number of aliphatic hydroxyl groups excluding tert-OH is 3. The molecular formula is C25H38O4. The number of allylic oxidation sites excluding steroid dienone is 6. The molecule has 2 aliphatic carbocycles. The molecule has 162 valence electrons. The topological polar surface area (TPSA) is 77.8 Å². The van der Waals surface area contributed by atoms with Gasteiger partial charge in [0.05, 0.1) is 6.10 Å². The fraction of sp³-hybridized carbons (Fsp3) is 0.640. The lowest BCUT2D eigenvalue weighted by molar-refractivity contribution is -0.126. The van der Waals surface area contributed by atoms with Gasteiger partial charge in [0.2, 0.25) is 5.78 Å². The molecule has 0 aromatic rings. The molecular weight excluding hydrogens is 379 g/mol. The van der Waals surface area contributed by atoms with Crippen molar-refractivity contribution >= 4 is 5.78 Å². The molecule has 0 saturated carbocycles. The first-order chi connectivity index (χ1) is 13.6. The molecule has 29 heavy (non-hydrogen) atoms. The molecule has 0 aromatic heterocycles. The molecule has 4 nitrogen and oxygen atoms in total. The van der Waals surface area contributed by atoms with E-state index in [9.17, 15) is 20.1 Å². The molecule has 0 radical (unpaired) electrons. The second kappa shape index (κ2) is 9.90. The predicted molar refractivity (Wildman–Crippen MR) is 117 cm³/mol. The first-order valence-corrected chi connectivity index (χ1v) is 10.9. The molecule has 0 bridgehead atoms. The van der Waals surface area contributed by atoms with E-state index in [1.165, 1.54) is 11.1 Å². The van der Waals surface area contributed by atoms with Crippen LogP contribution in [0.25, 0.3) is 0 Å². The van der Waals surface area contributed by atoms with E-state index in [1.807, 2.05) is 26.8 Å². The Labute approximate surface area is 175 Å². The van der Waals surface area contributed by atoms with Crippen molar-refractivity contribution in [3.63, 3.8) is 0 Å². The van der Waals surface area contributed by atoms with Gasteiger partial charge in [-0.25, -0.2) is 0 Å². The van der Waals surface area contributed by atoms with Gasteiger partial charge in [-0.05, 0) is 70.4 Å². The normalized spacial score (nSPS) is 34.9. The number of carbonyl (C=O) groups is 1. The van der Waals surface area contributed by atoms with Crippen molar-refractivity contribution < 1.29 is 20.1 Å². The van der Waals surface area contributed by atoms with E-state index in [2.05, 4.69) is 26.0 Å². The van der Waals surface area contributed by atoms with Crippen molar-refractivity contribution in [1.29, 1.82) is 0 Å². The number of aliphatic hydroxyl groups is 3. The Hall–Kier alpha value is -1.65.